The van der Waals surface area contributed by atoms with E-state index in [9.17, 15) is 14.4 Å². The molecule has 3 rings (SSSR count). The van der Waals surface area contributed by atoms with Crippen molar-refractivity contribution in [1.82, 2.24) is 0 Å². The molecule has 1 aliphatic rings. The highest BCUT2D eigenvalue weighted by Gasteiger charge is 2.19. The maximum absolute atomic E-state index is 12.3. The zero-order valence-corrected chi connectivity index (χ0v) is 17.4. The summed E-state index contributed by atoms with van der Waals surface area (Å²) in [5, 5.41) is 4.58. The lowest BCUT2D eigenvalue weighted by atomic mass is 10.1. The highest BCUT2D eigenvalue weighted by atomic mass is 32.1. The molecule has 0 radical (unpaired) electrons. The molecule has 2 aromatic rings. The Hall–Kier alpha value is -2.67. The average molecular weight is 415 g/mol. The minimum absolute atomic E-state index is 0.0428. The van der Waals surface area contributed by atoms with Crippen molar-refractivity contribution in [2.24, 2.45) is 0 Å². The Bertz CT molecular complexity index is 827. The summed E-state index contributed by atoms with van der Waals surface area (Å²) in [6, 6.07) is 11.2. The summed E-state index contributed by atoms with van der Waals surface area (Å²) < 4.78 is 5.16. The van der Waals surface area contributed by atoms with Gasteiger partial charge < -0.3 is 15.0 Å². The lowest BCUT2D eigenvalue weighted by molar-refractivity contribution is -0.153. The van der Waals surface area contributed by atoms with E-state index in [-0.39, 0.29) is 18.6 Å². The molecule has 1 aromatic carbocycles. The normalized spacial score (nSPS) is 14.9. The number of carbonyl (C=O) groups is 3. The lowest BCUT2D eigenvalue weighted by Crippen LogP contribution is -2.30. The minimum Gasteiger partial charge on any atom is -0.453 e. The van der Waals surface area contributed by atoms with Gasteiger partial charge in [0.15, 0.2) is 11.9 Å². The zero-order valence-electron chi connectivity index (χ0n) is 16.6. The molecule has 1 N–H and O–H groups in total. The highest BCUT2D eigenvalue weighted by Crippen LogP contribution is 2.22. The molecule has 1 saturated heterocycles. The van der Waals surface area contributed by atoms with E-state index in [1.54, 1.807) is 12.1 Å². The molecule has 0 saturated carbocycles. The number of esters is 1. The van der Waals surface area contributed by atoms with Gasteiger partial charge in [-0.2, -0.15) is 0 Å². The molecule has 7 heteroatoms. The maximum Gasteiger partial charge on any atom is 0.307 e. The predicted molar refractivity (Wildman–Crippen MR) is 115 cm³/mol. The van der Waals surface area contributed by atoms with Crippen LogP contribution < -0.4 is 10.2 Å². The fourth-order valence-electron chi connectivity index (χ4n) is 3.24. The van der Waals surface area contributed by atoms with E-state index in [2.05, 4.69) is 10.2 Å². The number of piperidine rings is 1. The second-order valence-corrected chi connectivity index (χ2v) is 8.06. The Kier molecular flexibility index (Phi) is 7.41. The predicted octanol–water partition coefficient (Wildman–Crippen LogP) is 4.27. The number of nitrogens with one attached hydrogen (secondary N) is 1. The van der Waals surface area contributed by atoms with Gasteiger partial charge in [-0.3, -0.25) is 14.4 Å². The topological polar surface area (TPSA) is 75.7 Å². The molecule has 1 amide bonds. The number of hydrogen-bond acceptors (Lipinski definition) is 6. The van der Waals surface area contributed by atoms with E-state index in [0.717, 1.165) is 18.8 Å². The second kappa shape index (κ2) is 10.2. The number of hydrogen-bond donors (Lipinski definition) is 1. The minimum atomic E-state index is -0.930. The molecule has 0 spiro atoms. The van der Waals surface area contributed by atoms with Crippen LogP contribution in [-0.4, -0.2) is 36.9 Å². The van der Waals surface area contributed by atoms with E-state index >= 15 is 0 Å². The van der Waals surface area contributed by atoms with Gasteiger partial charge in [-0.15, -0.1) is 11.3 Å². The van der Waals surface area contributed by atoms with Crippen molar-refractivity contribution in [2.45, 2.75) is 45.1 Å². The van der Waals surface area contributed by atoms with Gasteiger partial charge in [-0.1, -0.05) is 6.07 Å². The third-order valence-electron chi connectivity index (χ3n) is 4.89. The second-order valence-electron chi connectivity index (χ2n) is 7.12. The molecule has 0 unspecified atom stereocenters. The van der Waals surface area contributed by atoms with Gasteiger partial charge in [0.05, 0.1) is 11.3 Å². The third-order valence-corrected chi connectivity index (χ3v) is 5.80. The fraction of sp³-hybridized carbons (Fsp3) is 0.409. The van der Waals surface area contributed by atoms with Crippen molar-refractivity contribution in [2.75, 3.05) is 23.3 Å². The van der Waals surface area contributed by atoms with E-state index < -0.39 is 18.0 Å². The largest absolute Gasteiger partial charge is 0.453 e. The van der Waals surface area contributed by atoms with Gasteiger partial charge in [-0.05, 0) is 61.9 Å². The van der Waals surface area contributed by atoms with Crippen LogP contribution >= 0.6 is 11.3 Å². The van der Waals surface area contributed by atoms with Crippen LogP contribution in [0.4, 0.5) is 11.4 Å². The van der Waals surface area contributed by atoms with Gasteiger partial charge in [0.2, 0.25) is 0 Å². The van der Waals surface area contributed by atoms with Gasteiger partial charge in [0.1, 0.15) is 0 Å². The molecule has 6 nitrogen and oxygen atoms in total. The van der Waals surface area contributed by atoms with Gasteiger partial charge in [-0.25, -0.2) is 0 Å². The Morgan fingerprint density at radius 3 is 2.45 bits per heavy atom. The van der Waals surface area contributed by atoms with Crippen LogP contribution in [0.3, 0.4) is 0 Å². The Morgan fingerprint density at radius 1 is 1.07 bits per heavy atom. The Balaban J connectivity index is 1.43. The van der Waals surface area contributed by atoms with Gasteiger partial charge >= 0.3 is 5.97 Å². The van der Waals surface area contributed by atoms with Crippen molar-refractivity contribution < 1.29 is 19.1 Å². The van der Waals surface area contributed by atoms with Crippen molar-refractivity contribution in [1.29, 1.82) is 0 Å². The Morgan fingerprint density at radius 2 is 1.79 bits per heavy atom. The summed E-state index contributed by atoms with van der Waals surface area (Å²) in [5.74, 6) is -1.05. The molecule has 2 heterocycles. The number of thiophene rings is 1. The van der Waals surface area contributed by atoms with Crippen molar-refractivity contribution in [3.8, 4) is 0 Å². The number of nitrogens with zero attached hydrogens (tertiary/aromatic N) is 1. The molecule has 1 aliphatic heterocycles. The van der Waals surface area contributed by atoms with Crippen LogP contribution in [0.2, 0.25) is 0 Å². The average Bonchev–Trinajstić information content (AvgIpc) is 3.28. The standard InChI is InChI=1S/C22H26N2O4S/c1-16(28-21(26)12-11-19(25)20-6-5-15-29-20)22(27)23-17-7-9-18(10-8-17)24-13-3-2-4-14-24/h5-10,15-16H,2-4,11-14H2,1H3,(H,23,27)/t16-/m1/s1. The monoisotopic (exact) mass is 414 g/mol. The number of ether oxygens (including phenoxy) is 1. The summed E-state index contributed by atoms with van der Waals surface area (Å²) in [6.45, 7) is 3.65. The fourth-order valence-corrected chi connectivity index (χ4v) is 3.93. The van der Waals surface area contributed by atoms with Crippen LogP contribution in [0, 0.1) is 0 Å². The van der Waals surface area contributed by atoms with Crippen LogP contribution in [0.1, 0.15) is 48.7 Å². The molecule has 29 heavy (non-hydrogen) atoms. The number of Topliss-reactive ketones (excluding diaryl/α,β-unsaturated/α-hetero) is 1. The summed E-state index contributed by atoms with van der Waals surface area (Å²) in [5.41, 5.74) is 1.81. The van der Waals surface area contributed by atoms with E-state index in [1.807, 2.05) is 29.6 Å². The third kappa shape index (κ3) is 6.15. The first-order valence-electron chi connectivity index (χ1n) is 9.95. The van der Waals surface area contributed by atoms with Gasteiger partial charge in [0, 0.05) is 30.9 Å². The first-order chi connectivity index (χ1) is 14.0. The first-order valence-corrected chi connectivity index (χ1v) is 10.8. The van der Waals surface area contributed by atoms with Gasteiger partial charge in [0.25, 0.3) is 5.91 Å². The Labute approximate surface area is 174 Å². The molecule has 1 fully saturated rings. The van der Waals surface area contributed by atoms with Crippen molar-refractivity contribution in [3.63, 3.8) is 0 Å². The van der Waals surface area contributed by atoms with E-state index in [0.29, 0.717) is 10.6 Å². The first kappa shape index (κ1) is 21.0. The van der Waals surface area contributed by atoms with Crippen LogP contribution in [-0.2, 0) is 14.3 Å². The van der Waals surface area contributed by atoms with E-state index in [1.165, 1.54) is 37.5 Å². The SMILES string of the molecule is C[C@@H](OC(=O)CCC(=O)c1cccs1)C(=O)Nc1ccc(N2CCCCC2)cc1. The molecule has 1 atom stereocenters. The zero-order chi connectivity index (χ0) is 20.6. The smallest absolute Gasteiger partial charge is 0.307 e. The molecular weight excluding hydrogens is 388 g/mol. The van der Waals surface area contributed by atoms with Crippen LogP contribution in [0.25, 0.3) is 0 Å². The number of benzene rings is 1. The number of amides is 1. The summed E-state index contributed by atoms with van der Waals surface area (Å²) in [4.78, 5) is 39.1. The van der Waals surface area contributed by atoms with Crippen molar-refractivity contribution >= 4 is 40.4 Å². The summed E-state index contributed by atoms with van der Waals surface area (Å²) in [6.07, 6.45) is 2.80. The highest BCUT2D eigenvalue weighted by molar-refractivity contribution is 7.12. The molecule has 0 bridgehead atoms. The quantitative estimate of drug-likeness (QED) is 0.516. The number of carbonyl (C=O) groups excluding carboxylic acids is 3. The molecule has 154 valence electrons. The molecule has 0 aliphatic carbocycles. The van der Waals surface area contributed by atoms with Crippen LogP contribution in [0.15, 0.2) is 41.8 Å². The lowest BCUT2D eigenvalue weighted by Gasteiger charge is -2.28. The van der Waals surface area contributed by atoms with Crippen molar-refractivity contribution in [3.05, 3.63) is 46.7 Å². The number of anilines is 2. The molecular formula is C22H26N2O4S. The summed E-state index contributed by atoms with van der Waals surface area (Å²) in [7, 11) is 0. The molecule has 1 aromatic heterocycles. The van der Waals surface area contributed by atoms with Crippen LogP contribution in [0.5, 0.6) is 0 Å². The maximum atomic E-state index is 12.3. The summed E-state index contributed by atoms with van der Waals surface area (Å²) >= 11 is 1.34. The number of ketones is 1. The number of rotatable bonds is 8. The van der Waals surface area contributed by atoms with E-state index in [4.69, 9.17) is 4.74 Å².